The van der Waals surface area contributed by atoms with E-state index in [0.29, 0.717) is 94.5 Å². The molecule has 4 aromatic carbocycles. The molecule has 1 unspecified atom stereocenters. The zero-order valence-electron chi connectivity index (χ0n) is 52.9. The van der Waals surface area contributed by atoms with Crippen LogP contribution in [-0.4, -0.2) is 139 Å². The number of nitrogens with one attached hydrogen (secondary N) is 2. The van der Waals surface area contributed by atoms with Crippen molar-refractivity contribution >= 4 is 184 Å². The number of carbonyl (C=O) groups excluding carboxylic acids is 4. The number of amides is 2. The van der Waals surface area contributed by atoms with Crippen LogP contribution in [0.5, 0.6) is 23.3 Å². The Morgan fingerprint density at radius 3 is 1.23 bits per heavy atom. The molecular weight excluding hydrogens is 1860 g/mol. The summed E-state index contributed by atoms with van der Waals surface area (Å²) >= 11 is 8.19. The number of esters is 2. The maximum absolute atomic E-state index is 12.4. The van der Waals surface area contributed by atoms with E-state index in [9.17, 15) is 49.5 Å². The molecule has 0 saturated heterocycles. The number of allylic oxidation sites excluding steroid dienone is 2. The summed E-state index contributed by atoms with van der Waals surface area (Å²) in [6.07, 6.45) is -0.973. The molecule has 0 radical (unpaired) electrons. The van der Waals surface area contributed by atoms with E-state index < -0.39 is 68.0 Å². The fourth-order valence-electron chi connectivity index (χ4n) is 9.13. The summed E-state index contributed by atoms with van der Waals surface area (Å²) in [6.45, 7) is 12.1. The molecule has 0 spiro atoms. The van der Waals surface area contributed by atoms with Crippen LogP contribution in [0.25, 0.3) is 0 Å². The van der Waals surface area contributed by atoms with Crippen molar-refractivity contribution in [1.29, 1.82) is 10.5 Å². The van der Waals surface area contributed by atoms with Crippen LogP contribution in [0.1, 0.15) is 105 Å². The number of primary amides is 2. The standard InChI is InChI=1S/2C21H22N4O3.C18H14O8.I3.2HI.3Na.HO4P/c2*1-5-28-21-18-17(14-7-6-13(9-22)8-15(14)27-4)16(20(23)26)12(3)25-19(18)11(2)10-24-21;19-15(20)13(25-17(23)11-7-3-1-4-8-11)14(16(21)22)26-18(24)12-9-5-2-6-10-12;1-3-2;;;;;;1-4-5(2)3/h2*6-8,10,17,25H,5H2,1-4H3,(H2,23,26);1-10,13-14H,(H,19,20)(H,21,22);;2*1H;;;;1H/q;;;-1;;;;;+1;/p-1/t2*17-;13-,14-;;;;;;;/m110......./s1. The molecule has 0 bridgehead atoms. The number of nitrogens with two attached hydrogens (primary N) is 2. The number of hydrogen-bond donors (Lipinski definition) is 6. The third-order valence-corrected chi connectivity index (χ3v) is 13.0. The van der Waals surface area contributed by atoms with Crippen molar-refractivity contribution in [2.24, 2.45) is 11.5 Å². The van der Waals surface area contributed by atoms with Gasteiger partial charge in [0.25, 0.3) is 0 Å². The van der Waals surface area contributed by atoms with Gasteiger partial charge < -0.3 is 70.9 Å². The average Bonchev–Trinajstić information content (AvgIpc) is 0.752. The van der Waals surface area contributed by atoms with Crippen molar-refractivity contribution < 1.29 is 130 Å². The van der Waals surface area contributed by atoms with Crippen LogP contribution in [0.3, 0.4) is 0 Å². The van der Waals surface area contributed by atoms with Gasteiger partial charge in [-0.1, -0.05) is 48.5 Å². The SMILES string of the molecule is CCOc1ncc(C)c2c1[C@H](c1ccc(C#N)cc1OC)C(C(N)=O)=C(C)N2.CCOc1ncc(C)c2c1[C@H](c1ccc(C#N)cc1OC)C(C(N)=O)=C(C)N2.I.I.I[I-]I.O=C(O[C@H](C(=O)O)[C@H](OC(=O)c1ccccc1)C(=O)O)c1ccccc1.O=[P+]([O-])O[O-].[Na+].[Na][Na]. The van der Waals surface area contributed by atoms with Crippen LogP contribution in [0, 0.1) is 36.5 Å². The molecule has 35 heteroatoms. The normalized spacial score (nSPS) is 13.3. The van der Waals surface area contributed by atoms with Gasteiger partial charge in [-0.3, -0.25) is 9.59 Å². The van der Waals surface area contributed by atoms with Crippen LogP contribution < -0.4 is 94.0 Å². The molecule has 26 nitrogen and oxygen atoms in total. The number of nitrogens with zero attached hydrogens (tertiary/aromatic N) is 4. The number of benzene rings is 4. The van der Waals surface area contributed by atoms with Crippen LogP contribution in [0.15, 0.2) is 132 Å². The Hall–Kier alpha value is -4.11. The quantitative estimate of drug-likeness (QED) is 0.0179. The summed E-state index contributed by atoms with van der Waals surface area (Å²) in [6, 6.07) is 29.3. The van der Waals surface area contributed by atoms with Gasteiger partial charge in [0.1, 0.15) is 11.5 Å². The average molecular weight is 1920 g/mol. The Bertz CT molecular complexity index is 3570. The summed E-state index contributed by atoms with van der Waals surface area (Å²) in [5.74, 6) is -5.95. The maximum atomic E-state index is 12.4. The van der Waals surface area contributed by atoms with Gasteiger partial charge in [0.2, 0.25) is 35.8 Å². The molecule has 4 heterocycles. The van der Waals surface area contributed by atoms with Gasteiger partial charge in [0.15, 0.2) is 0 Å². The van der Waals surface area contributed by atoms with Crippen LogP contribution in [0.2, 0.25) is 0 Å². The van der Waals surface area contributed by atoms with Crippen molar-refractivity contribution in [3.8, 4) is 35.4 Å². The Morgan fingerprint density at radius 1 is 0.663 bits per heavy atom. The Kier molecular flexibility index (Phi) is 45.0. The second-order valence-corrected chi connectivity index (χ2v) is 35.2. The third-order valence-electron chi connectivity index (χ3n) is 12.9. The van der Waals surface area contributed by atoms with Gasteiger partial charge >= 0.3 is 156 Å². The number of carboxylic acid groups (broad SMARTS) is 2. The first-order valence-corrected chi connectivity index (χ1v) is 48.8. The number of carbonyl (C=O) groups is 6. The molecule has 8 rings (SSSR count). The fourth-order valence-corrected chi connectivity index (χ4v) is 9.13. The topological polar surface area (TPSA) is 420 Å². The first kappa shape index (κ1) is 90.9. The summed E-state index contributed by atoms with van der Waals surface area (Å²) in [4.78, 5) is 89.4. The monoisotopic (exact) mass is 1910 g/mol. The number of anilines is 2. The molecular formula is C60H60I5N8Na3O18P-. The van der Waals surface area contributed by atoms with Gasteiger partial charge in [-0.2, -0.15) is 10.5 Å². The number of ether oxygens (including phenoxy) is 6. The van der Waals surface area contributed by atoms with Gasteiger partial charge in [-0.25, -0.2) is 33.8 Å². The van der Waals surface area contributed by atoms with E-state index in [1.165, 1.54) is 106 Å². The first-order chi connectivity index (χ1) is 43.9. The first-order valence-electron chi connectivity index (χ1n) is 27.2. The van der Waals surface area contributed by atoms with Crippen molar-refractivity contribution in [3.05, 3.63) is 188 Å². The predicted molar refractivity (Wildman–Crippen MR) is 376 cm³/mol. The molecule has 95 heavy (non-hydrogen) atoms. The number of hydrogen-bond acceptors (Lipinski definition) is 22. The second-order valence-electron chi connectivity index (χ2n) is 18.4. The summed E-state index contributed by atoms with van der Waals surface area (Å²) < 4.78 is 43.5. The minimum atomic E-state index is -3.15. The van der Waals surface area contributed by atoms with Gasteiger partial charge in [-0.05, 0) is 106 Å². The zero-order valence-corrected chi connectivity index (χ0v) is 70.9. The molecule has 6 aromatic rings. The molecule has 2 aliphatic heterocycles. The second kappa shape index (κ2) is 47.0. The van der Waals surface area contributed by atoms with E-state index in [1.54, 1.807) is 60.9 Å². The predicted octanol–water partition coefficient (Wildman–Crippen LogP) is 2.13. The van der Waals surface area contributed by atoms with Gasteiger partial charge in [0.05, 0.1) is 96.2 Å². The number of carboxylic acids is 2. The Morgan fingerprint density at radius 2 is 0.979 bits per heavy atom. The summed E-state index contributed by atoms with van der Waals surface area (Å²) in [7, 11) is -0.0974. The van der Waals surface area contributed by atoms with Gasteiger partial charge in [-0.15, -0.1) is 48.0 Å². The van der Waals surface area contributed by atoms with E-state index in [-0.39, 0.29) is 88.6 Å². The van der Waals surface area contributed by atoms with E-state index in [2.05, 4.69) is 74.6 Å². The van der Waals surface area contributed by atoms with E-state index in [4.69, 9.17) is 54.6 Å². The molecule has 0 saturated carbocycles. The number of aryl methyl sites for hydroxylation is 2. The fraction of sp³-hybridized carbons (Fsp3) is 0.233. The molecule has 492 valence electrons. The van der Waals surface area contributed by atoms with E-state index >= 15 is 0 Å². The molecule has 2 amide bonds. The summed E-state index contributed by atoms with van der Waals surface area (Å²) in [5, 5.41) is 52.0. The molecule has 0 aliphatic carbocycles. The van der Waals surface area contributed by atoms with E-state index in [1.807, 2.05) is 41.5 Å². The Balaban J connectivity index is 0.00000128. The molecule has 2 aromatic heterocycles. The molecule has 0 fully saturated rings. The number of nitriles is 2. The number of aromatic nitrogens is 2. The number of aliphatic carboxylic acids is 2. The number of methoxy groups -OCH3 is 2. The Labute approximate surface area is 663 Å². The molecule has 5 atom stereocenters. The van der Waals surface area contributed by atoms with Crippen molar-refractivity contribution in [2.45, 2.75) is 65.6 Å². The zero-order chi connectivity index (χ0) is 68.9. The van der Waals surface area contributed by atoms with Crippen LogP contribution >= 0.6 is 93.4 Å². The van der Waals surface area contributed by atoms with Crippen molar-refractivity contribution in [2.75, 3.05) is 38.1 Å². The van der Waals surface area contributed by atoms with Crippen molar-refractivity contribution in [3.63, 3.8) is 0 Å². The third kappa shape index (κ3) is 25.9. The van der Waals surface area contributed by atoms with Crippen LogP contribution in [-0.2, 0) is 37.9 Å². The summed E-state index contributed by atoms with van der Waals surface area (Å²) in [5.41, 5.74) is 21.0. The van der Waals surface area contributed by atoms with Crippen molar-refractivity contribution in [1.82, 2.24) is 9.97 Å². The van der Waals surface area contributed by atoms with Crippen LogP contribution in [0.4, 0.5) is 11.4 Å². The molecule has 2 aliphatic rings. The number of rotatable bonds is 18. The molecule has 8 N–H and O–H groups in total. The number of pyridine rings is 2. The minimum absolute atomic E-state index is 0. The number of fused-ring (bicyclic) bond motifs is 2. The van der Waals surface area contributed by atoms with E-state index in [0.717, 1.165) is 33.6 Å². The number of halogens is 5. The van der Waals surface area contributed by atoms with Gasteiger partial charge in [0, 0.05) is 46.1 Å².